The van der Waals surface area contributed by atoms with Gasteiger partial charge in [-0.3, -0.25) is 4.79 Å². The molecule has 0 saturated heterocycles. The van der Waals surface area contributed by atoms with Crippen molar-refractivity contribution in [2.45, 2.75) is 0 Å². The molecule has 2 nitrogen and oxygen atoms in total. The van der Waals surface area contributed by atoms with E-state index in [9.17, 15) is 4.79 Å². The van der Waals surface area contributed by atoms with E-state index in [4.69, 9.17) is 4.42 Å². The summed E-state index contributed by atoms with van der Waals surface area (Å²) in [6.07, 6.45) is 1.49. The van der Waals surface area contributed by atoms with Crippen LogP contribution in [0, 0.1) is 0 Å². The summed E-state index contributed by atoms with van der Waals surface area (Å²) in [5, 5.41) is 0. The van der Waals surface area contributed by atoms with Crippen molar-refractivity contribution in [2.75, 3.05) is 0 Å². The van der Waals surface area contributed by atoms with Crippen molar-refractivity contribution in [1.29, 1.82) is 0 Å². The first-order chi connectivity index (χ1) is 7.18. The highest BCUT2D eigenvalue weighted by molar-refractivity contribution is 9.11. The molecule has 0 aliphatic rings. The number of halogens is 2. The van der Waals surface area contributed by atoms with Gasteiger partial charge in [-0.05, 0) is 46.3 Å². The second-order valence-corrected chi connectivity index (χ2v) is 4.70. The third-order valence-electron chi connectivity index (χ3n) is 1.92. The highest BCUT2D eigenvalue weighted by Gasteiger charge is 2.14. The predicted octanol–water partition coefficient (Wildman–Crippen LogP) is 4.04. The Balaban J connectivity index is 2.42. The molecule has 0 aliphatic carbocycles. The molecule has 4 heteroatoms. The Bertz CT molecular complexity index is 489. The lowest BCUT2D eigenvalue weighted by Gasteiger charge is -2.01. The molecule has 76 valence electrons. The van der Waals surface area contributed by atoms with E-state index in [1.165, 1.54) is 6.26 Å². The minimum atomic E-state index is -0.126. The molecule has 1 heterocycles. The zero-order valence-corrected chi connectivity index (χ0v) is 10.7. The van der Waals surface area contributed by atoms with E-state index in [1.54, 1.807) is 18.2 Å². The van der Waals surface area contributed by atoms with Crippen molar-refractivity contribution in [3.05, 3.63) is 56.9 Å². The minimum Gasteiger partial charge on any atom is -0.461 e. The van der Waals surface area contributed by atoms with Gasteiger partial charge in [0, 0.05) is 14.5 Å². The molecule has 1 aromatic carbocycles. The second-order valence-electron chi connectivity index (χ2n) is 2.93. The van der Waals surface area contributed by atoms with Crippen molar-refractivity contribution in [3.63, 3.8) is 0 Å². The average Bonchev–Trinajstić information content (AvgIpc) is 2.69. The van der Waals surface area contributed by atoms with Crippen LogP contribution in [0.4, 0.5) is 0 Å². The maximum absolute atomic E-state index is 11.9. The molecule has 0 unspecified atom stereocenters. The number of hydrogen-bond acceptors (Lipinski definition) is 2. The molecule has 0 radical (unpaired) electrons. The van der Waals surface area contributed by atoms with Crippen LogP contribution in [0.2, 0.25) is 0 Å². The van der Waals surface area contributed by atoms with Gasteiger partial charge in [-0.25, -0.2) is 0 Å². The molecule has 0 fully saturated rings. The van der Waals surface area contributed by atoms with Gasteiger partial charge in [0.05, 0.1) is 6.26 Å². The van der Waals surface area contributed by atoms with E-state index in [0.29, 0.717) is 11.3 Å². The lowest BCUT2D eigenvalue weighted by Crippen LogP contribution is -2.00. The van der Waals surface area contributed by atoms with Gasteiger partial charge in [0.1, 0.15) is 0 Å². The number of carbonyl (C=O) groups is 1. The van der Waals surface area contributed by atoms with Crippen LogP contribution in [0.25, 0.3) is 0 Å². The zero-order valence-electron chi connectivity index (χ0n) is 7.54. The Morgan fingerprint density at radius 2 is 2.00 bits per heavy atom. The highest BCUT2D eigenvalue weighted by Crippen LogP contribution is 2.24. The fourth-order valence-corrected chi connectivity index (χ4v) is 2.44. The summed E-state index contributed by atoms with van der Waals surface area (Å²) in [6.45, 7) is 0. The smallest absolute Gasteiger partial charge is 0.229 e. The van der Waals surface area contributed by atoms with Crippen LogP contribution >= 0.6 is 31.9 Å². The quantitative estimate of drug-likeness (QED) is 0.778. The van der Waals surface area contributed by atoms with Gasteiger partial charge in [0.2, 0.25) is 5.78 Å². The lowest BCUT2D eigenvalue weighted by molar-refractivity contribution is 0.101. The van der Waals surface area contributed by atoms with Gasteiger partial charge < -0.3 is 4.42 Å². The molecule has 1 aromatic heterocycles. The van der Waals surface area contributed by atoms with E-state index in [-0.39, 0.29) is 5.78 Å². The zero-order chi connectivity index (χ0) is 10.8. The molecule has 2 rings (SSSR count). The van der Waals surface area contributed by atoms with E-state index in [1.807, 2.05) is 12.1 Å². The number of hydrogen-bond donors (Lipinski definition) is 0. The minimum absolute atomic E-state index is 0.126. The Kier molecular flexibility index (Phi) is 3.07. The number of furan rings is 1. The first-order valence-corrected chi connectivity index (χ1v) is 5.80. The highest BCUT2D eigenvalue weighted by atomic mass is 79.9. The summed E-state index contributed by atoms with van der Waals surface area (Å²) in [5.74, 6) is 0.220. The summed E-state index contributed by atoms with van der Waals surface area (Å²) in [6, 6.07) is 8.74. The summed E-state index contributed by atoms with van der Waals surface area (Å²) in [7, 11) is 0. The summed E-state index contributed by atoms with van der Waals surface area (Å²) >= 11 is 6.67. The molecule has 0 amide bonds. The first kappa shape index (κ1) is 10.6. The third-order valence-corrected chi connectivity index (χ3v) is 3.07. The van der Waals surface area contributed by atoms with Crippen LogP contribution in [0.15, 0.2) is 50.0 Å². The van der Waals surface area contributed by atoms with Crippen LogP contribution in [0.1, 0.15) is 16.1 Å². The molecule has 15 heavy (non-hydrogen) atoms. The molecular weight excluding hydrogens is 324 g/mol. The van der Waals surface area contributed by atoms with Crippen molar-refractivity contribution >= 4 is 37.6 Å². The Hall–Kier alpha value is -0.870. The standard InChI is InChI=1S/C11H6Br2O2/c12-7-3-4-8(9(13)6-7)11(14)10-2-1-5-15-10/h1-6H. The van der Waals surface area contributed by atoms with Crippen LogP contribution in [-0.2, 0) is 0 Å². The predicted molar refractivity (Wildman–Crippen MR) is 64.0 cm³/mol. The van der Waals surface area contributed by atoms with E-state index in [0.717, 1.165) is 8.95 Å². The number of ketones is 1. The van der Waals surface area contributed by atoms with Crippen molar-refractivity contribution in [2.24, 2.45) is 0 Å². The fraction of sp³-hybridized carbons (Fsp3) is 0. The van der Waals surface area contributed by atoms with Crippen molar-refractivity contribution < 1.29 is 9.21 Å². The van der Waals surface area contributed by atoms with Gasteiger partial charge in [-0.15, -0.1) is 0 Å². The summed E-state index contributed by atoms with van der Waals surface area (Å²) in [4.78, 5) is 11.9. The SMILES string of the molecule is O=C(c1ccco1)c1ccc(Br)cc1Br. The molecule has 0 saturated carbocycles. The Morgan fingerprint density at radius 1 is 1.20 bits per heavy atom. The number of carbonyl (C=O) groups excluding carboxylic acids is 1. The molecule has 0 N–H and O–H groups in total. The fourth-order valence-electron chi connectivity index (χ4n) is 1.21. The normalized spacial score (nSPS) is 10.3. The molecular formula is C11H6Br2O2. The molecule has 2 aromatic rings. The lowest BCUT2D eigenvalue weighted by atomic mass is 10.1. The van der Waals surface area contributed by atoms with Crippen LogP contribution in [-0.4, -0.2) is 5.78 Å². The van der Waals surface area contributed by atoms with Crippen LogP contribution < -0.4 is 0 Å². The molecule has 0 aliphatic heterocycles. The summed E-state index contributed by atoms with van der Waals surface area (Å²) < 4.78 is 6.72. The van der Waals surface area contributed by atoms with E-state index < -0.39 is 0 Å². The maximum atomic E-state index is 11.9. The largest absolute Gasteiger partial charge is 0.461 e. The maximum Gasteiger partial charge on any atom is 0.229 e. The van der Waals surface area contributed by atoms with Crippen molar-refractivity contribution in [3.8, 4) is 0 Å². The number of benzene rings is 1. The first-order valence-electron chi connectivity index (χ1n) is 4.22. The molecule has 0 spiro atoms. The van der Waals surface area contributed by atoms with Crippen molar-refractivity contribution in [1.82, 2.24) is 0 Å². The van der Waals surface area contributed by atoms with Gasteiger partial charge in [-0.1, -0.05) is 15.9 Å². The second kappa shape index (κ2) is 4.33. The van der Waals surface area contributed by atoms with E-state index >= 15 is 0 Å². The van der Waals surface area contributed by atoms with Crippen LogP contribution in [0.5, 0.6) is 0 Å². The van der Waals surface area contributed by atoms with Gasteiger partial charge in [0.15, 0.2) is 5.76 Å². The van der Waals surface area contributed by atoms with Gasteiger partial charge >= 0.3 is 0 Å². The van der Waals surface area contributed by atoms with Crippen LogP contribution in [0.3, 0.4) is 0 Å². The third kappa shape index (κ3) is 2.21. The molecule has 0 atom stereocenters. The van der Waals surface area contributed by atoms with E-state index in [2.05, 4.69) is 31.9 Å². The average molecular weight is 330 g/mol. The number of rotatable bonds is 2. The Labute approximate surface area is 104 Å². The Morgan fingerprint density at radius 3 is 2.60 bits per heavy atom. The van der Waals surface area contributed by atoms with Gasteiger partial charge in [-0.2, -0.15) is 0 Å². The topological polar surface area (TPSA) is 30.2 Å². The monoisotopic (exact) mass is 328 g/mol. The van der Waals surface area contributed by atoms with Gasteiger partial charge in [0.25, 0.3) is 0 Å². The summed E-state index contributed by atoms with van der Waals surface area (Å²) in [5.41, 5.74) is 0.591. The molecule has 0 bridgehead atoms.